The molecular formula is C56H35NO2. The molecular weight excluding hydrogens is 719 g/mol. The summed E-state index contributed by atoms with van der Waals surface area (Å²) >= 11 is 0. The van der Waals surface area contributed by atoms with Crippen LogP contribution in [0.3, 0.4) is 0 Å². The van der Waals surface area contributed by atoms with Crippen LogP contribution in [0.2, 0.25) is 0 Å². The molecule has 3 nitrogen and oxygen atoms in total. The van der Waals surface area contributed by atoms with Crippen molar-refractivity contribution >= 4 is 82.5 Å². The van der Waals surface area contributed by atoms with Gasteiger partial charge in [-0.25, -0.2) is 0 Å². The van der Waals surface area contributed by atoms with E-state index in [2.05, 4.69) is 205 Å². The van der Waals surface area contributed by atoms with E-state index in [9.17, 15) is 0 Å². The van der Waals surface area contributed by atoms with E-state index in [4.69, 9.17) is 8.83 Å². The van der Waals surface area contributed by atoms with Gasteiger partial charge in [0.1, 0.15) is 22.3 Å². The summed E-state index contributed by atoms with van der Waals surface area (Å²) < 4.78 is 12.9. The number of anilines is 3. The van der Waals surface area contributed by atoms with Crippen LogP contribution in [0, 0.1) is 0 Å². The fourth-order valence-corrected chi connectivity index (χ4v) is 9.05. The summed E-state index contributed by atoms with van der Waals surface area (Å²) in [6, 6.07) is 75.8. The van der Waals surface area contributed by atoms with Crippen molar-refractivity contribution in [3.05, 3.63) is 212 Å². The molecule has 0 radical (unpaired) electrons. The third kappa shape index (κ3) is 5.51. The van der Waals surface area contributed by atoms with Crippen molar-refractivity contribution in [2.75, 3.05) is 4.90 Å². The summed E-state index contributed by atoms with van der Waals surface area (Å²) in [5, 5.41) is 9.27. The van der Waals surface area contributed by atoms with E-state index in [0.717, 1.165) is 94.1 Å². The summed E-state index contributed by atoms with van der Waals surface area (Å²) in [4.78, 5) is 2.37. The lowest BCUT2D eigenvalue weighted by molar-refractivity contribution is 0.669. The Bertz CT molecular complexity index is 3570. The quantitative estimate of drug-likeness (QED) is 0.169. The number of furan rings is 2. The molecule has 12 aromatic rings. The Balaban J connectivity index is 1.00. The smallest absolute Gasteiger partial charge is 0.143 e. The van der Waals surface area contributed by atoms with Crippen LogP contribution in [0.5, 0.6) is 0 Å². The first-order chi connectivity index (χ1) is 29.2. The minimum atomic E-state index is 0.885. The first kappa shape index (κ1) is 33.3. The summed E-state index contributed by atoms with van der Waals surface area (Å²) in [7, 11) is 0. The molecule has 0 atom stereocenters. The molecule has 0 amide bonds. The molecule has 0 fully saturated rings. The number of fused-ring (bicyclic) bond motifs is 9. The molecule has 0 aliphatic carbocycles. The molecule has 2 aromatic heterocycles. The molecule has 276 valence electrons. The molecule has 0 bridgehead atoms. The largest absolute Gasteiger partial charge is 0.456 e. The number of hydrogen-bond donors (Lipinski definition) is 0. The van der Waals surface area contributed by atoms with E-state index in [-0.39, 0.29) is 0 Å². The Kier molecular flexibility index (Phi) is 7.54. The van der Waals surface area contributed by atoms with Crippen molar-refractivity contribution in [2.24, 2.45) is 0 Å². The molecule has 59 heavy (non-hydrogen) atoms. The lowest BCUT2D eigenvalue weighted by Crippen LogP contribution is -2.10. The monoisotopic (exact) mass is 753 g/mol. The van der Waals surface area contributed by atoms with Gasteiger partial charge in [-0.05, 0) is 116 Å². The highest BCUT2D eigenvalue weighted by atomic mass is 16.3. The van der Waals surface area contributed by atoms with Crippen molar-refractivity contribution < 1.29 is 8.83 Å². The maximum absolute atomic E-state index is 6.60. The highest BCUT2D eigenvalue weighted by Gasteiger charge is 2.19. The Labute approximate surface area is 340 Å². The number of rotatable bonds is 6. The van der Waals surface area contributed by atoms with Crippen LogP contribution >= 0.6 is 0 Å². The molecule has 0 saturated heterocycles. The molecule has 0 aliphatic heterocycles. The van der Waals surface area contributed by atoms with E-state index in [1.54, 1.807) is 0 Å². The molecule has 2 heterocycles. The van der Waals surface area contributed by atoms with Crippen LogP contribution in [0.25, 0.3) is 98.8 Å². The van der Waals surface area contributed by atoms with E-state index >= 15 is 0 Å². The number of nitrogens with zero attached hydrogens (tertiary/aromatic N) is 1. The van der Waals surface area contributed by atoms with Gasteiger partial charge in [-0.2, -0.15) is 0 Å². The lowest BCUT2D eigenvalue weighted by Gasteiger charge is -2.27. The SMILES string of the molecule is c1cc(-c2cccc3ccccc23)cc(N(c2ccc(-c3ccc4c(c3)oc3ccccc34)cc2)c2cccc(-c3cccc4oc5c6ccccc6ccc5c34)c2)c1. The number of para-hydroxylation sites is 1. The molecule has 0 saturated carbocycles. The van der Waals surface area contributed by atoms with Crippen molar-refractivity contribution in [3.8, 4) is 33.4 Å². The number of hydrogen-bond acceptors (Lipinski definition) is 3. The van der Waals surface area contributed by atoms with Crippen LogP contribution < -0.4 is 4.90 Å². The van der Waals surface area contributed by atoms with Crippen molar-refractivity contribution in [1.29, 1.82) is 0 Å². The molecule has 0 aliphatic rings. The zero-order valence-corrected chi connectivity index (χ0v) is 32.0. The van der Waals surface area contributed by atoms with Gasteiger partial charge in [0.25, 0.3) is 0 Å². The summed E-state index contributed by atoms with van der Waals surface area (Å²) in [6.07, 6.45) is 0. The van der Waals surface area contributed by atoms with E-state index < -0.39 is 0 Å². The minimum Gasteiger partial charge on any atom is -0.456 e. The van der Waals surface area contributed by atoms with Gasteiger partial charge in [0.05, 0.1) is 0 Å². The highest BCUT2D eigenvalue weighted by molar-refractivity contribution is 6.19. The Hall–Kier alpha value is -7.88. The number of benzene rings is 10. The zero-order chi connectivity index (χ0) is 38.9. The Morgan fingerprint density at radius 2 is 0.864 bits per heavy atom. The second-order valence-electron chi connectivity index (χ2n) is 15.3. The molecule has 0 spiro atoms. The molecule has 0 unspecified atom stereocenters. The predicted molar refractivity (Wildman–Crippen MR) is 247 cm³/mol. The fraction of sp³-hybridized carbons (Fsp3) is 0. The normalized spacial score (nSPS) is 11.7. The third-order valence-electron chi connectivity index (χ3n) is 11.8. The first-order valence-corrected chi connectivity index (χ1v) is 20.1. The molecule has 10 aromatic carbocycles. The zero-order valence-electron chi connectivity index (χ0n) is 32.0. The predicted octanol–water partition coefficient (Wildman–Crippen LogP) is 16.3. The summed E-state index contributed by atoms with van der Waals surface area (Å²) in [6.45, 7) is 0. The topological polar surface area (TPSA) is 29.5 Å². The van der Waals surface area contributed by atoms with Gasteiger partial charge in [-0.1, -0.05) is 146 Å². The molecule has 3 heteroatoms. The lowest BCUT2D eigenvalue weighted by atomic mass is 9.96. The first-order valence-electron chi connectivity index (χ1n) is 20.1. The van der Waals surface area contributed by atoms with Crippen molar-refractivity contribution in [3.63, 3.8) is 0 Å². The third-order valence-corrected chi connectivity index (χ3v) is 11.8. The van der Waals surface area contributed by atoms with Crippen LogP contribution in [0.1, 0.15) is 0 Å². The van der Waals surface area contributed by atoms with Gasteiger partial charge < -0.3 is 13.7 Å². The van der Waals surface area contributed by atoms with Gasteiger partial charge in [-0.3, -0.25) is 0 Å². The van der Waals surface area contributed by atoms with Gasteiger partial charge >= 0.3 is 0 Å². The molecule has 12 rings (SSSR count). The van der Waals surface area contributed by atoms with E-state index in [1.807, 2.05) is 12.1 Å². The minimum absolute atomic E-state index is 0.885. The van der Waals surface area contributed by atoms with Crippen LogP contribution in [-0.4, -0.2) is 0 Å². The summed E-state index contributed by atoms with van der Waals surface area (Å²) in [5.41, 5.74) is 13.7. The fourth-order valence-electron chi connectivity index (χ4n) is 9.05. The maximum atomic E-state index is 6.60. The average molecular weight is 754 g/mol. The second-order valence-corrected chi connectivity index (χ2v) is 15.3. The van der Waals surface area contributed by atoms with Gasteiger partial charge in [-0.15, -0.1) is 0 Å². The van der Waals surface area contributed by atoms with Gasteiger partial charge in [0, 0.05) is 44.0 Å². The Morgan fingerprint density at radius 3 is 1.68 bits per heavy atom. The second kappa shape index (κ2) is 13.4. The summed E-state index contributed by atoms with van der Waals surface area (Å²) in [5.74, 6) is 0. The van der Waals surface area contributed by atoms with Gasteiger partial charge in [0.2, 0.25) is 0 Å². The maximum Gasteiger partial charge on any atom is 0.143 e. The van der Waals surface area contributed by atoms with Crippen LogP contribution in [-0.2, 0) is 0 Å². The van der Waals surface area contributed by atoms with E-state index in [1.165, 1.54) is 21.7 Å². The van der Waals surface area contributed by atoms with Crippen molar-refractivity contribution in [2.45, 2.75) is 0 Å². The average Bonchev–Trinajstić information content (AvgIpc) is 3.88. The highest BCUT2D eigenvalue weighted by Crippen LogP contribution is 2.43. The molecule has 0 N–H and O–H groups in total. The van der Waals surface area contributed by atoms with Crippen molar-refractivity contribution in [1.82, 2.24) is 0 Å². The van der Waals surface area contributed by atoms with Crippen LogP contribution in [0.15, 0.2) is 221 Å². The van der Waals surface area contributed by atoms with E-state index in [0.29, 0.717) is 0 Å². The van der Waals surface area contributed by atoms with Crippen LogP contribution in [0.4, 0.5) is 17.1 Å². The Morgan fingerprint density at radius 1 is 0.288 bits per heavy atom. The van der Waals surface area contributed by atoms with Gasteiger partial charge in [0.15, 0.2) is 0 Å². The standard InChI is InChI=1S/C56H35NO2/c1-3-18-45-37(11-1)13-9-21-46(45)40-14-7-16-43(33-40)57(42-29-25-36(26-30-42)39-28-31-50-49-20-5-6-23-52(49)58-54(50)35-39)44-17-8-15-41(34-44)47-22-10-24-53-55(47)51-32-27-38-12-2-4-19-48(38)56(51)59-53/h1-35H.